The Labute approximate surface area is 174 Å². The van der Waals surface area contributed by atoms with Crippen LogP contribution >= 0.6 is 0 Å². The van der Waals surface area contributed by atoms with E-state index < -0.39 is 0 Å². The maximum Gasteiger partial charge on any atom is 0.253 e. The summed E-state index contributed by atoms with van der Waals surface area (Å²) >= 11 is 0. The molecule has 1 saturated carbocycles. The summed E-state index contributed by atoms with van der Waals surface area (Å²) in [5.74, 6) is 1.96. The Hall–Kier alpha value is -2.04. The Balaban J connectivity index is 1.26. The van der Waals surface area contributed by atoms with Crippen LogP contribution in [0.15, 0.2) is 24.3 Å². The van der Waals surface area contributed by atoms with Crippen molar-refractivity contribution in [2.45, 2.75) is 57.8 Å². The minimum Gasteiger partial charge on any atom is -0.493 e. The van der Waals surface area contributed by atoms with E-state index in [0.29, 0.717) is 18.4 Å². The maximum absolute atomic E-state index is 12.7. The highest BCUT2D eigenvalue weighted by atomic mass is 16.5. The van der Waals surface area contributed by atoms with E-state index in [2.05, 4.69) is 4.90 Å². The van der Waals surface area contributed by atoms with Gasteiger partial charge in [-0.05, 0) is 69.2 Å². The van der Waals surface area contributed by atoms with Gasteiger partial charge in [-0.25, -0.2) is 0 Å². The third-order valence-corrected chi connectivity index (χ3v) is 6.77. The average molecular weight is 399 g/mol. The molecule has 2 heterocycles. The van der Waals surface area contributed by atoms with Gasteiger partial charge in [-0.3, -0.25) is 9.59 Å². The summed E-state index contributed by atoms with van der Waals surface area (Å²) in [6.07, 6.45) is 10.2. The molecule has 0 spiro atoms. The first kappa shape index (κ1) is 20.2. The van der Waals surface area contributed by atoms with Crippen molar-refractivity contribution in [3.8, 4) is 5.75 Å². The van der Waals surface area contributed by atoms with Crippen molar-refractivity contribution in [2.75, 3.05) is 32.8 Å². The van der Waals surface area contributed by atoms with E-state index in [9.17, 15) is 9.59 Å². The molecule has 0 N–H and O–H groups in total. The molecule has 0 aromatic heterocycles. The highest BCUT2D eigenvalue weighted by Gasteiger charge is 2.30. The molecule has 1 unspecified atom stereocenters. The average Bonchev–Trinajstić information content (AvgIpc) is 3.33. The van der Waals surface area contributed by atoms with Crippen LogP contribution in [0, 0.1) is 11.8 Å². The largest absolute Gasteiger partial charge is 0.493 e. The Kier molecular flexibility index (Phi) is 6.73. The third kappa shape index (κ3) is 5.12. The molecule has 2 amide bonds. The van der Waals surface area contributed by atoms with Crippen molar-refractivity contribution < 1.29 is 14.3 Å². The van der Waals surface area contributed by atoms with Crippen molar-refractivity contribution in [3.63, 3.8) is 0 Å². The van der Waals surface area contributed by atoms with E-state index in [1.807, 2.05) is 29.2 Å². The number of nitrogens with zero attached hydrogens (tertiary/aromatic N) is 2. The highest BCUT2D eigenvalue weighted by Crippen LogP contribution is 2.29. The number of ether oxygens (including phenoxy) is 1. The van der Waals surface area contributed by atoms with Gasteiger partial charge in [0.25, 0.3) is 5.91 Å². The van der Waals surface area contributed by atoms with Crippen molar-refractivity contribution in [2.24, 2.45) is 11.8 Å². The molecule has 0 radical (unpaired) electrons. The lowest BCUT2D eigenvalue weighted by Crippen LogP contribution is -2.43. The standard InChI is InChI=1S/C24H34N2O3/c27-23(25-14-4-1-5-15-25)21-10-12-22(13-11-21)29-18-19-7-6-16-26(17-19)24(28)20-8-2-3-9-20/h10-13,19-20H,1-9,14-18H2. The second-order valence-corrected chi connectivity index (χ2v) is 8.96. The van der Waals surface area contributed by atoms with E-state index >= 15 is 0 Å². The fraction of sp³-hybridized carbons (Fsp3) is 0.667. The Morgan fingerprint density at radius 3 is 2.24 bits per heavy atom. The quantitative estimate of drug-likeness (QED) is 0.750. The minimum absolute atomic E-state index is 0.129. The summed E-state index contributed by atoms with van der Waals surface area (Å²) in [5.41, 5.74) is 0.741. The number of rotatable bonds is 5. The van der Waals surface area contributed by atoms with Crippen molar-refractivity contribution >= 4 is 11.8 Å². The fourth-order valence-corrected chi connectivity index (χ4v) is 5.02. The summed E-state index contributed by atoms with van der Waals surface area (Å²) in [6.45, 7) is 4.09. The molecule has 5 heteroatoms. The van der Waals surface area contributed by atoms with Gasteiger partial charge in [-0.1, -0.05) is 12.8 Å². The van der Waals surface area contributed by atoms with E-state index in [-0.39, 0.29) is 11.8 Å². The lowest BCUT2D eigenvalue weighted by atomic mass is 9.96. The first-order valence-electron chi connectivity index (χ1n) is 11.5. The van der Waals surface area contributed by atoms with E-state index in [1.54, 1.807) is 0 Å². The Morgan fingerprint density at radius 1 is 0.828 bits per heavy atom. The van der Waals surface area contributed by atoms with Gasteiger partial charge < -0.3 is 14.5 Å². The second-order valence-electron chi connectivity index (χ2n) is 8.96. The molecule has 1 atom stereocenters. The predicted octanol–water partition coefficient (Wildman–Crippen LogP) is 4.12. The zero-order valence-corrected chi connectivity index (χ0v) is 17.5. The molecule has 2 aliphatic heterocycles. The Morgan fingerprint density at radius 2 is 1.52 bits per heavy atom. The number of benzene rings is 1. The van der Waals surface area contributed by atoms with Crippen molar-refractivity contribution in [1.82, 2.24) is 9.80 Å². The van der Waals surface area contributed by atoms with Gasteiger partial charge >= 0.3 is 0 Å². The monoisotopic (exact) mass is 398 g/mol. The van der Waals surface area contributed by atoms with Crippen LogP contribution in [0.5, 0.6) is 5.75 Å². The lowest BCUT2D eigenvalue weighted by Gasteiger charge is -2.34. The first-order chi connectivity index (χ1) is 14.2. The topological polar surface area (TPSA) is 49.9 Å². The van der Waals surface area contributed by atoms with Crippen LogP contribution in [-0.2, 0) is 4.79 Å². The molecule has 2 saturated heterocycles. The first-order valence-corrected chi connectivity index (χ1v) is 11.5. The zero-order chi connectivity index (χ0) is 20.1. The van der Waals surface area contributed by atoms with Crippen LogP contribution in [0.1, 0.15) is 68.1 Å². The van der Waals surface area contributed by atoms with Crippen molar-refractivity contribution in [3.05, 3.63) is 29.8 Å². The number of carbonyl (C=O) groups is 2. The molecule has 5 nitrogen and oxygen atoms in total. The highest BCUT2D eigenvalue weighted by molar-refractivity contribution is 5.94. The molecule has 29 heavy (non-hydrogen) atoms. The molecule has 3 fully saturated rings. The predicted molar refractivity (Wildman–Crippen MR) is 113 cm³/mol. The molecular weight excluding hydrogens is 364 g/mol. The van der Waals surface area contributed by atoms with Crippen LogP contribution in [0.3, 0.4) is 0 Å². The van der Waals surface area contributed by atoms with Crippen LogP contribution < -0.4 is 4.74 Å². The fourth-order valence-electron chi connectivity index (χ4n) is 5.02. The summed E-state index contributed by atoms with van der Waals surface area (Å²) < 4.78 is 6.02. The summed E-state index contributed by atoms with van der Waals surface area (Å²) in [5, 5.41) is 0. The number of likely N-dealkylation sites (tertiary alicyclic amines) is 2. The second kappa shape index (κ2) is 9.64. The summed E-state index contributed by atoms with van der Waals surface area (Å²) in [6, 6.07) is 7.56. The van der Waals surface area contributed by atoms with Gasteiger partial charge in [0.1, 0.15) is 5.75 Å². The SMILES string of the molecule is O=C(c1ccc(OCC2CCCN(C(=O)C3CCCC3)C2)cc1)N1CCCCC1. The molecule has 1 aromatic rings. The summed E-state index contributed by atoms with van der Waals surface area (Å²) in [4.78, 5) is 29.3. The van der Waals surface area contributed by atoms with Crippen LogP contribution in [0.4, 0.5) is 0 Å². The summed E-state index contributed by atoms with van der Waals surface area (Å²) in [7, 11) is 0. The number of hydrogen-bond acceptors (Lipinski definition) is 3. The van der Waals surface area contributed by atoms with Gasteiger partial charge in [0, 0.05) is 43.6 Å². The number of carbonyl (C=O) groups excluding carboxylic acids is 2. The molecule has 1 aromatic carbocycles. The van der Waals surface area contributed by atoms with Crippen molar-refractivity contribution in [1.29, 1.82) is 0 Å². The van der Waals surface area contributed by atoms with Crippen LogP contribution in [-0.4, -0.2) is 54.4 Å². The van der Waals surface area contributed by atoms with Gasteiger partial charge in [0.05, 0.1) is 6.61 Å². The van der Waals surface area contributed by atoms with Gasteiger partial charge in [-0.15, -0.1) is 0 Å². The number of amides is 2. The van der Waals surface area contributed by atoms with E-state index in [1.165, 1.54) is 19.3 Å². The normalized spacial score (nSPS) is 23.2. The zero-order valence-electron chi connectivity index (χ0n) is 17.5. The van der Waals surface area contributed by atoms with Gasteiger partial charge in [0.2, 0.25) is 5.91 Å². The molecule has 1 aliphatic carbocycles. The molecule has 3 aliphatic rings. The number of piperidine rings is 2. The molecule has 158 valence electrons. The van der Waals surface area contributed by atoms with Crippen LogP contribution in [0.25, 0.3) is 0 Å². The van der Waals surface area contributed by atoms with Crippen LogP contribution in [0.2, 0.25) is 0 Å². The maximum atomic E-state index is 12.7. The molecular formula is C24H34N2O3. The van der Waals surface area contributed by atoms with E-state index in [0.717, 1.165) is 76.0 Å². The van der Waals surface area contributed by atoms with Gasteiger partial charge in [0.15, 0.2) is 0 Å². The van der Waals surface area contributed by atoms with Gasteiger partial charge in [-0.2, -0.15) is 0 Å². The smallest absolute Gasteiger partial charge is 0.253 e. The lowest BCUT2D eigenvalue weighted by molar-refractivity contribution is -0.137. The third-order valence-electron chi connectivity index (χ3n) is 6.77. The van der Waals surface area contributed by atoms with E-state index in [4.69, 9.17) is 4.74 Å². The minimum atomic E-state index is 0.129. The molecule has 0 bridgehead atoms. The Bertz CT molecular complexity index is 691. The number of hydrogen-bond donors (Lipinski definition) is 0. The molecule has 4 rings (SSSR count).